The molecule has 0 heterocycles. The predicted octanol–water partition coefficient (Wildman–Crippen LogP) is 3.02. The van der Waals surface area contributed by atoms with Crippen LogP contribution in [0.2, 0.25) is 0 Å². The van der Waals surface area contributed by atoms with Gasteiger partial charge in [0.2, 0.25) is 0 Å². The van der Waals surface area contributed by atoms with Gasteiger partial charge in [0.1, 0.15) is 0 Å². The van der Waals surface area contributed by atoms with E-state index in [0.717, 1.165) is 24.3 Å². The van der Waals surface area contributed by atoms with Crippen molar-refractivity contribution in [2.24, 2.45) is 0 Å². The molecule has 0 saturated carbocycles. The van der Waals surface area contributed by atoms with Crippen molar-refractivity contribution in [2.45, 2.75) is 11.1 Å². The zero-order valence-corrected chi connectivity index (χ0v) is 13.8. The lowest BCUT2D eigenvalue weighted by molar-refractivity contribution is -0.136. The standard InChI is InChI=1S/C16H13F3N2O4S/c17-16(18,19)13-6-1-2-7-14(13)21-26(24,25)12-5-3-4-11(10-12)8-9-15(22)20-23/h1-10,21,23H,(H,20,22)/b9-8+. The summed E-state index contributed by atoms with van der Waals surface area (Å²) in [6.07, 6.45) is -2.53. The summed E-state index contributed by atoms with van der Waals surface area (Å²) in [5, 5.41) is 8.40. The first kappa shape index (κ1) is 19.5. The number of nitrogens with one attached hydrogen (secondary N) is 2. The van der Waals surface area contributed by atoms with Crippen LogP contribution in [0.5, 0.6) is 0 Å². The number of hydroxylamine groups is 1. The molecular weight excluding hydrogens is 373 g/mol. The molecule has 0 aromatic heterocycles. The fraction of sp³-hybridized carbons (Fsp3) is 0.0625. The third-order valence-electron chi connectivity index (χ3n) is 3.18. The van der Waals surface area contributed by atoms with Crippen LogP contribution in [0.3, 0.4) is 0 Å². The highest BCUT2D eigenvalue weighted by Gasteiger charge is 2.34. The average molecular weight is 386 g/mol. The van der Waals surface area contributed by atoms with Gasteiger partial charge in [0, 0.05) is 6.08 Å². The Labute approximate surface area is 147 Å². The summed E-state index contributed by atoms with van der Waals surface area (Å²) in [6.45, 7) is 0. The van der Waals surface area contributed by atoms with Crippen molar-refractivity contribution >= 4 is 27.7 Å². The molecule has 2 rings (SSSR count). The fourth-order valence-electron chi connectivity index (χ4n) is 2.02. The molecule has 0 spiro atoms. The van der Waals surface area contributed by atoms with Gasteiger partial charge in [0.15, 0.2) is 0 Å². The van der Waals surface area contributed by atoms with E-state index < -0.39 is 33.4 Å². The largest absolute Gasteiger partial charge is 0.418 e. The van der Waals surface area contributed by atoms with Crippen molar-refractivity contribution < 1.29 is 31.6 Å². The summed E-state index contributed by atoms with van der Waals surface area (Å²) in [5.41, 5.74) is -0.0461. The first-order chi connectivity index (χ1) is 12.1. The maximum Gasteiger partial charge on any atom is 0.418 e. The molecule has 0 aliphatic rings. The van der Waals surface area contributed by atoms with Gasteiger partial charge in [-0.3, -0.25) is 14.7 Å². The Bertz CT molecular complexity index is 941. The first-order valence-electron chi connectivity index (χ1n) is 7.05. The van der Waals surface area contributed by atoms with Gasteiger partial charge in [-0.1, -0.05) is 24.3 Å². The molecule has 0 aliphatic heterocycles. The van der Waals surface area contributed by atoms with E-state index in [1.807, 2.05) is 4.72 Å². The lowest BCUT2D eigenvalue weighted by Crippen LogP contribution is -2.17. The molecule has 0 aliphatic carbocycles. The van der Waals surface area contributed by atoms with Crippen LogP contribution in [0.15, 0.2) is 59.5 Å². The summed E-state index contributed by atoms with van der Waals surface area (Å²) < 4.78 is 65.7. The van der Waals surface area contributed by atoms with E-state index in [1.165, 1.54) is 41.9 Å². The molecule has 1 amide bonds. The number of amides is 1. The van der Waals surface area contributed by atoms with E-state index in [2.05, 4.69) is 0 Å². The van der Waals surface area contributed by atoms with Crippen LogP contribution in [0.25, 0.3) is 6.08 Å². The van der Waals surface area contributed by atoms with Crippen molar-refractivity contribution in [1.29, 1.82) is 0 Å². The predicted molar refractivity (Wildman–Crippen MR) is 87.7 cm³/mol. The highest BCUT2D eigenvalue weighted by Crippen LogP contribution is 2.35. The Balaban J connectivity index is 2.35. The minimum absolute atomic E-state index is 0.291. The normalized spacial score (nSPS) is 12.2. The monoisotopic (exact) mass is 386 g/mol. The van der Waals surface area contributed by atoms with Crippen LogP contribution in [-0.4, -0.2) is 19.5 Å². The van der Waals surface area contributed by atoms with Crippen molar-refractivity contribution in [3.63, 3.8) is 0 Å². The van der Waals surface area contributed by atoms with Crippen LogP contribution in [0, 0.1) is 0 Å². The molecule has 0 bridgehead atoms. The second-order valence-corrected chi connectivity index (χ2v) is 6.71. The number of rotatable bonds is 5. The number of carbonyl (C=O) groups is 1. The Morgan fingerprint density at radius 2 is 1.77 bits per heavy atom. The number of alkyl halides is 3. The summed E-state index contributed by atoms with van der Waals surface area (Å²) in [5.74, 6) is -0.824. The van der Waals surface area contributed by atoms with Crippen molar-refractivity contribution in [3.8, 4) is 0 Å². The average Bonchev–Trinajstić information content (AvgIpc) is 2.59. The Morgan fingerprint density at radius 3 is 2.42 bits per heavy atom. The van der Waals surface area contributed by atoms with Crippen LogP contribution in [0.1, 0.15) is 11.1 Å². The number of hydrogen-bond donors (Lipinski definition) is 3. The third kappa shape index (κ3) is 4.83. The van der Waals surface area contributed by atoms with Crippen molar-refractivity contribution in [2.75, 3.05) is 4.72 Å². The number of carbonyl (C=O) groups excluding carboxylic acids is 1. The molecular formula is C16H13F3N2O4S. The number of sulfonamides is 1. The molecule has 26 heavy (non-hydrogen) atoms. The van der Waals surface area contributed by atoms with Crippen LogP contribution in [-0.2, 0) is 21.0 Å². The second kappa shape index (κ2) is 7.58. The number of benzene rings is 2. The quantitative estimate of drug-likeness (QED) is 0.418. The Kier molecular flexibility index (Phi) is 5.68. The third-order valence-corrected chi connectivity index (χ3v) is 4.55. The van der Waals surface area contributed by atoms with Gasteiger partial charge in [-0.05, 0) is 35.9 Å². The van der Waals surface area contributed by atoms with Gasteiger partial charge < -0.3 is 0 Å². The number of para-hydroxylation sites is 1. The minimum Gasteiger partial charge on any atom is -0.288 e. The van der Waals surface area contributed by atoms with Gasteiger partial charge in [0.05, 0.1) is 16.1 Å². The summed E-state index contributed by atoms with van der Waals surface area (Å²) in [6, 6.07) is 9.41. The molecule has 2 aromatic carbocycles. The van der Waals surface area contributed by atoms with E-state index in [4.69, 9.17) is 5.21 Å². The highest BCUT2D eigenvalue weighted by molar-refractivity contribution is 7.92. The summed E-state index contributed by atoms with van der Waals surface area (Å²) in [4.78, 5) is 10.7. The summed E-state index contributed by atoms with van der Waals surface area (Å²) >= 11 is 0. The topological polar surface area (TPSA) is 95.5 Å². The van der Waals surface area contributed by atoms with Gasteiger partial charge in [-0.15, -0.1) is 0 Å². The van der Waals surface area contributed by atoms with Gasteiger partial charge in [-0.2, -0.15) is 13.2 Å². The lowest BCUT2D eigenvalue weighted by Gasteiger charge is -2.14. The van der Waals surface area contributed by atoms with Crippen LogP contribution < -0.4 is 10.2 Å². The van der Waals surface area contributed by atoms with Gasteiger partial charge in [-0.25, -0.2) is 13.9 Å². The first-order valence-corrected chi connectivity index (χ1v) is 8.53. The lowest BCUT2D eigenvalue weighted by atomic mass is 10.2. The number of anilines is 1. The SMILES string of the molecule is O=C(/C=C/c1cccc(S(=O)(=O)Nc2ccccc2C(F)(F)F)c1)NO. The Morgan fingerprint density at radius 1 is 1.08 bits per heavy atom. The molecule has 0 unspecified atom stereocenters. The molecule has 0 fully saturated rings. The van der Waals surface area contributed by atoms with Gasteiger partial charge in [0.25, 0.3) is 15.9 Å². The zero-order chi connectivity index (χ0) is 19.4. The van der Waals surface area contributed by atoms with E-state index in [9.17, 15) is 26.4 Å². The molecule has 138 valence electrons. The van der Waals surface area contributed by atoms with E-state index in [-0.39, 0.29) is 4.90 Å². The van der Waals surface area contributed by atoms with Crippen LogP contribution >= 0.6 is 0 Å². The van der Waals surface area contributed by atoms with E-state index in [1.54, 1.807) is 0 Å². The zero-order valence-electron chi connectivity index (χ0n) is 13.0. The van der Waals surface area contributed by atoms with E-state index in [0.29, 0.717) is 5.56 Å². The number of hydrogen-bond acceptors (Lipinski definition) is 4. The molecule has 6 nitrogen and oxygen atoms in total. The van der Waals surface area contributed by atoms with Gasteiger partial charge >= 0.3 is 6.18 Å². The van der Waals surface area contributed by atoms with Crippen molar-refractivity contribution in [3.05, 3.63) is 65.7 Å². The maximum atomic E-state index is 13.0. The molecule has 2 aromatic rings. The maximum absolute atomic E-state index is 13.0. The fourth-order valence-corrected chi connectivity index (χ4v) is 3.15. The molecule has 0 atom stereocenters. The smallest absolute Gasteiger partial charge is 0.288 e. The molecule has 3 N–H and O–H groups in total. The van der Waals surface area contributed by atoms with Crippen molar-refractivity contribution in [1.82, 2.24) is 5.48 Å². The molecule has 0 saturated heterocycles. The Hall–Kier alpha value is -2.85. The molecule has 0 radical (unpaired) electrons. The molecule has 10 heteroatoms. The van der Waals surface area contributed by atoms with E-state index >= 15 is 0 Å². The summed E-state index contributed by atoms with van der Waals surface area (Å²) in [7, 11) is -4.30. The van der Waals surface area contributed by atoms with Crippen LogP contribution in [0.4, 0.5) is 18.9 Å². The minimum atomic E-state index is -4.72. The second-order valence-electron chi connectivity index (χ2n) is 5.03. The highest BCUT2D eigenvalue weighted by atomic mass is 32.2. The number of halogens is 3.